The number of carbonyl (C=O) groups excluding carboxylic acids is 2. The molecule has 1 aromatic heterocycles. The molecule has 0 saturated carbocycles. The lowest BCUT2D eigenvalue weighted by atomic mass is 10.2. The van der Waals surface area contributed by atoms with E-state index in [4.69, 9.17) is 4.74 Å². The Bertz CT molecular complexity index is 725. The fourth-order valence-corrected chi connectivity index (χ4v) is 3.24. The Morgan fingerprint density at radius 2 is 1.92 bits per heavy atom. The molecule has 0 radical (unpaired) electrons. The van der Waals surface area contributed by atoms with Gasteiger partial charge in [-0.3, -0.25) is 9.59 Å². The van der Waals surface area contributed by atoms with Gasteiger partial charge in [-0.1, -0.05) is 0 Å². The zero-order valence-electron chi connectivity index (χ0n) is 14.2. The van der Waals surface area contributed by atoms with Gasteiger partial charge in [0.05, 0.1) is 30.4 Å². The summed E-state index contributed by atoms with van der Waals surface area (Å²) in [4.78, 5) is 29.4. The summed E-state index contributed by atoms with van der Waals surface area (Å²) >= 11 is 1.56. The minimum absolute atomic E-state index is 0.0773. The van der Waals surface area contributed by atoms with Crippen molar-refractivity contribution >= 4 is 23.2 Å². The van der Waals surface area contributed by atoms with Crippen LogP contribution >= 0.6 is 11.3 Å². The highest BCUT2D eigenvalue weighted by atomic mass is 32.1. The van der Waals surface area contributed by atoms with Gasteiger partial charge < -0.3 is 15.4 Å². The summed E-state index contributed by atoms with van der Waals surface area (Å²) in [6.07, 6.45) is 0. The largest absolute Gasteiger partial charge is 0.497 e. The Kier molecular flexibility index (Phi) is 5.92. The second kappa shape index (κ2) is 7.92. The van der Waals surface area contributed by atoms with Crippen molar-refractivity contribution in [1.82, 2.24) is 15.6 Å². The zero-order valence-corrected chi connectivity index (χ0v) is 15.0. The Labute approximate surface area is 145 Å². The van der Waals surface area contributed by atoms with Crippen molar-refractivity contribution in [3.8, 4) is 5.75 Å². The highest BCUT2D eigenvalue weighted by Gasteiger charge is 2.16. The number of hydrogen-bond acceptors (Lipinski definition) is 5. The number of methoxy groups -OCH3 is 1. The van der Waals surface area contributed by atoms with Crippen LogP contribution in [0.5, 0.6) is 5.75 Å². The summed E-state index contributed by atoms with van der Waals surface area (Å²) in [5.41, 5.74) is 1.40. The molecule has 0 fully saturated rings. The molecule has 1 aromatic carbocycles. The molecular formula is C17H21N3O3S. The van der Waals surface area contributed by atoms with Crippen LogP contribution in [0, 0.1) is 13.8 Å². The molecule has 0 aliphatic heterocycles. The van der Waals surface area contributed by atoms with Gasteiger partial charge in [-0.25, -0.2) is 4.98 Å². The van der Waals surface area contributed by atoms with Gasteiger partial charge in [-0.15, -0.1) is 11.3 Å². The molecule has 7 heteroatoms. The Morgan fingerprint density at radius 1 is 1.25 bits per heavy atom. The van der Waals surface area contributed by atoms with E-state index in [1.54, 1.807) is 42.7 Å². The van der Waals surface area contributed by atoms with E-state index in [0.717, 1.165) is 15.6 Å². The lowest BCUT2D eigenvalue weighted by Crippen LogP contribution is -2.38. The lowest BCUT2D eigenvalue weighted by Gasteiger charge is -2.13. The number of ether oxygens (including phenoxy) is 1. The summed E-state index contributed by atoms with van der Waals surface area (Å²) < 4.78 is 5.04. The molecular weight excluding hydrogens is 326 g/mol. The minimum Gasteiger partial charge on any atom is -0.497 e. The van der Waals surface area contributed by atoms with E-state index in [1.165, 1.54) is 0 Å². The monoisotopic (exact) mass is 347 g/mol. The molecule has 6 nitrogen and oxygen atoms in total. The molecule has 2 rings (SSSR count). The number of aromatic nitrogens is 1. The van der Waals surface area contributed by atoms with Crippen LogP contribution in [-0.4, -0.2) is 30.5 Å². The summed E-state index contributed by atoms with van der Waals surface area (Å²) in [5.74, 6) is 0.133. The highest BCUT2D eigenvalue weighted by Crippen LogP contribution is 2.24. The molecule has 2 amide bonds. The number of carbonyl (C=O) groups is 2. The van der Waals surface area contributed by atoms with Gasteiger partial charge in [0.2, 0.25) is 5.91 Å². The number of hydrogen-bond donors (Lipinski definition) is 2. The summed E-state index contributed by atoms with van der Waals surface area (Å²) in [7, 11) is 1.56. The number of rotatable bonds is 6. The zero-order chi connectivity index (χ0) is 17.7. The van der Waals surface area contributed by atoms with Crippen LogP contribution in [0.25, 0.3) is 0 Å². The average Bonchev–Trinajstić information content (AvgIpc) is 2.91. The smallest absolute Gasteiger partial charge is 0.251 e. The fraction of sp³-hybridized carbons (Fsp3) is 0.353. The van der Waals surface area contributed by atoms with E-state index >= 15 is 0 Å². The van der Waals surface area contributed by atoms with Crippen molar-refractivity contribution in [2.24, 2.45) is 0 Å². The molecule has 0 bridgehead atoms. The van der Waals surface area contributed by atoms with Crippen molar-refractivity contribution in [3.05, 3.63) is 45.4 Å². The molecule has 0 aliphatic carbocycles. The topological polar surface area (TPSA) is 80.3 Å². The first-order chi connectivity index (χ1) is 11.4. The molecule has 1 atom stereocenters. The van der Waals surface area contributed by atoms with Crippen LogP contribution in [0.15, 0.2) is 24.3 Å². The van der Waals surface area contributed by atoms with E-state index in [1.807, 2.05) is 20.8 Å². The van der Waals surface area contributed by atoms with Gasteiger partial charge in [-0.2, -0.15) is 0 Å². The average molecular weight is 347 g/mol. The minimum atomic E-state index is -0.301. The van der Waals surface area contributed by atoms with E-state index in [-0.39, 0.29) is 24.4 Å². The number of nitrogens with zero attached hydrogens (tertiary/aromatic N) is 1. The third-order valence-electron chi connectivity index (χ3n) is 3.47. The maximum atomic E-state index is 12.0. The van der Waals surface area contributed by atoms with E-state index < -0.39 is 0 Å². The van der Waals surface area contributed by atoms with Crippen LogP contribution in [0.2, 0.25) is 0 Å². The lowest BCUT2D eigenvalue weighted by molar-refractivity contribution is -0.120. The summed E-state index contributed by atoms with van der Waals surface area (Å²) in [6, 6.07) is 6.57. The number of amides is 2. The Balaban J connectivity index is 1.85. The quantitative estimate of drug-likeness (QED) is 0.841. The standard InChI is InChI=1S/C17H21N3O3S/c1-10-16(24-12(3)19-10)11(2)20-15(21)9-18-17(22)13-5-7-14(23-4)8-6-13/h5-8,11H,9H2,1-4H3,(H,18,22)(H,20,21). The predicted octanol–water partition coefficient (Wildman–Crippen LogP) is 2.38. The van der Waals surface area contributed by atoms with Gasteiger partial charge in [-0.05, 0) is 45.0 Å². The summed E-state index contributed by atoms with van der Waals surface area (Å²) in [6.45, 7) is 5.69. The maximum absolute atomic E-state index is 12.0. The Morgan fingerprint density at radius 3 is 2.46 bits per heavy atom. The molecule has 128 valence electrons. The highest BCUT2D eigenvalue weighted by molar-refractivity contribution is 7.11. The van der Waals surface area contributed by atoms with Crippen LogP contribution in [0.3, 0.4) is 0 Å². The van der Waals surface area contributed by atoms with Crippen LogP contribution in [0.4, 0.5) is 0 Å². The molecule has 2 aromatic rings. The molecule has 1 unspecified atom stereocenters. The van der Waals surface area contributed by atoms with Crippen molar-refractivity contribution in [3.63, 3.8) is 0 Å². The van der Waals surface area contributed by atoms with Crippen molar-refractivity contribution < 1.29 is 14.3 Å². The maximum Gasteiger partial charge on any atom is 0.251 e. The Hall–Kier alpha value is -2.41. The van der Waals surface area contributed by atoms with E-state index in [0.29, 0.717) is 11.3 Å². The molecule has 1 heterocycles. The second-order valence-corrected chi connectivity index (χ2v) is 6.62. The molecule has 0 spiro atoms. The van der Waals surface area contributed by atoms with E-state index in [2.05, 4.69) is 15.6 Å². The van der Waals surface area contributed by atoms with E-state index in [9.17, 15) is 9.59 Å². The first-order valence-corrected chi connectivity index (χ1v) is 8.38. The first kappa shape index (κ1) is 17.9. The molecule has 2 N–H and O–H groups in total. The SMILES string of the molecule is COc1ccc(C(=O)NCC(=O)NC(C)c2sc(C)nc2C)cc1. The third-order valence-corrected chi connectivity index (χ3v) is 4.73. The second-order valence-electron chi connectivity index (χ2n) is 5.38. The van der Waals surface area contributed by atoms with Crippen molar-refractivity contribution in [2.45, 2.75) is 26.8 Å². The summed E-state index contributed by atoms with van der Waals surface area (Å²) in [5, 5.41) is 6.45. The van der Waals surface area contributed by atoms with Crippen LogP contribution in [-0.2, 0) is 4.79 Å². The van der Waals surface area contributed by atoms with Crippen LogP contribution in [0.1, 0.15) is 38.9 Å². The van der Waals surface area contributed by atoms with Crippen molar-refractivity contribution in [1.29, 1.82) is 0 Å². The third kappa shape index (κ3) is 4.55. The molecule has 0 saturated heterocycles. The predicted molar refractivity (Wildman–Crippen MR) is 93.5 cm³/mol. The number of benzene rings is 1. The van der Waals surface area contributed by atoms with Gasteiger partial charge in [0.15, 0.2) is 0 Å². The van der Waals surface area contributed by atoms with Gasteiger partial charge >= 0.3 is 0 Å². The van der Waals surface area contributed by atoms with Gasteiger partial charge in [0.25, 0.3) is 5.91 Å². The fourth-order valence-electron chi connectivity index (χ4n) is 2.31. The normalized spacial score (nSPS) is 11.7. The number of nitrogens with one attached hydrogen (secondary N) is 2. The molecule has 0 aliphatic rings. The number of thiazole rings is 1. The van der Waals surface area contributed by atoms with Crippen LogP contribution < -0.4 is 15.4 Å². The van der Waals surface area contributed by atoms with Crippen molar-refractivity contribution in [2.75, 3.05) is 13.7 Å². The van der Waals surface area contributed by atoms with Gasteiger partial charge in [0, 0.05) is 10.4 Å². The first-order valence-electron chi connectivity index (χ1n) is 7.56. The van der Waals surface area contributed by atoms with Gasteiger partial charge in [0.1, 0.15) is 5.75 Å². The molecule has 24 heavy (non-hydrogen) atoms. The number of aryl methyl sites for hydroxylation is 2.